The van der Waals surface area contributed by atoms with E-state index in [1.807, 2.05) is 19.1 Å². The van der Waals surface area contributed by atoms with Crippen LogP contribution in [0.5, 0.6) is 0 Å². The predicted molar refractivity (Wildman–Crippen MR) is 53.7 cm³/mol. The van der Waals surface area contributed by atoms with Gasteiger partial charge in [-0.15, -0.1) is 0 Å². The maximum atomic E-state index is 9.13. The Balaban J connectivity index is 2.39. The standard InChI is InChI=1S/C10H16N2O2/c1-8(12-6-10(14)7-13)9-3-2-4-11-5-9/h2-5,8,10,12-14H,6-7H2,1H3/t8-,10?/m1/s1. The summed E-state index contributed by atoms with van der Waals surface area (Å²) in [7, 11) is 0. The molecule has 0 aliphatic heterocycles. The van der Waals surface area contributed by atoms with Crippen molar-refractivity contribution in [3.8, 4) is 0 Å². The number of rotatable bonds is 5. The first-order valence-electron chi connectivity index (χ1n) is 4.66. The van der Waals surface area contributed by atoms with Crippen LogP contribution in [-0.4, -0.2) is 34.5 Å². The topological polar surface area (TPSA) is 65.4 Å². The van der Waals surface area contributed by atoms with E-state index >= 15 is 0 Å². The van der Waals surface area contributed by atoms with E-state index in [0.717, 1.165) is 5.56 Å². The molecule has 0 aromatic carbocycles. The highest BCUT2D eigenvalue weighted by Gasteiger charge is 2.07. The van der Waals surface area contributed by atoms with Gasteiger partial charge < -0.3 is 15.5 Å². The van der Waals surface area contributed by atoms with Gasteiger partial charge in [-0.1, -0.05) is 6.07 Å². The van der Waals surface area contributed by atoms with Gasteiger partial charge in [0.25, 0.3) is 0 Å². The number of nitrogens with one attached hydrogen (secondary N) is 1. The second kappa shape index (κ2) is 5.70. The molecule has 1 aromatic rings. The van der Waals surface area contributed by atoms with Gasteiger partial charge in [-0.2, -0.15) is 0 Å². The van der Waals surface area contributed by atoms with Crippen LogP contribution >= 0.6 is 0 Å². The van der Waals surface area contributed by atoms with Crippen molar-refractivity contribution in [2.45, 2.75) is 19.1 Å². The first-order valence-corrected chi connectivity index (χ1v) is 4.66. The maximum Gasteiger partial charge on any atom is 0.0895 e. The van der Waals surface area contributed by atoms with E-state index in [0.29, 0.717) is 6.54 Å². The van der Waals surface area contributed by atoms with E-state index in [4.69, 9.17) is 10.2 Å². The lowest BCUT2D eigenvalue weighted by Gasteiger charge is -2.15. The normalized spacial score (nSPS) is 15.1. The molecule has 4 nitrogen and oxygen atoms in total. The van der Waals surface area contributed by atoms with E-state index in [2.05, 4.69) is 10.3 Å². The van der Waals surface area contributed by atoms with Crippen molar-refractivity contribution in [1.29, 1.82) is 0 Å². The molecule has 4 heteroatoms. The van der Waals surface area contributed by atoms with E-state index < -0.39 is 6.10 Å². The summed E-state index contributed by atoms with van der Waals surface area (Å²) in [6, 6.07) is 3.97. The molecule has 1 heterocycles. The molecule has 78 valence electrons. The third-order valence-electron chi connectivity index (χ3n) is 2.05. The van der Waals surface area contributed by atoms with Gasteiger partial charge >= 0.3 is 0 Å². The Hall–Kier alpha value is -0.970. The number of aliphatic hydroxyl groups is 2. The zero-order valence-corrected chi connectivity index (χ0v) is 8.22. The van der Waals surface area contributed by atoms with Gasteiger partial charge in [0, 0.05) is 25.0 Å². The average molecular weight is 196 g/mol. The van der Waals surface area contributed by atoms with E-state index in [1.54, 1.807) is 12.4 Å². The van der Waals surface area contributed by atoms with E-state index in [9.17, 15) is 0 Å². The Morgan fingerprint density at radius 3 is 2.93 bits per heavy atom. The highest BCUT2D eigenvalue weighted by atomic mass is 16.3. The lowest BCUT2D eigenvalue weighted by molar-refractivity contribution is 0.0924. The summed E-state index contributed by atoms with van der Waals surface area (Å²) in [4.78, 5) is 4.00. The largest absolute Gasteiger partial charge is 0.394 e. The number of pyridine rings is 1. The van der Waals surface area contributed by atoms with Crippen LogP contribution in [0.1, 0.15) is 18.5 Å². The SMILES string of the molecule is C[C@@H](NCC(O)CO)c1cccnc1. The average Bonchev–Trinajstić information content (AvgIpc) is 2.26. The third kappa shape index (κ3) is 3.41. The Labute approximate surface area is 83.6 Å². The summed E-state index contributed by atoms with van der Waals surface area (Å²) in [6.07, 6.45) is 2.80. The first kappa shape index (κ1) is 11.1. The maximum absolute atomic E-state index is 9.13. The van der Waals surface area contributed by atoms with Gasteiger partial charge in [-0.25, -0.2) is 0 Å². The molecule has 0 saturated carbocycles. The Morgan fingerprint density at radius 2 is 2.36 bits per heavy atom. The van der Waals surface area contributed by atoms with Crippen LogP contribution in [0.3, 0.4) is 0 Å². The summed E-state index contributed by atoms with van der Waals surface area (Å²) >= 11 is 0. The van der Waals surface area contributed by atoms with Gasteiger partial charge in [-0.05, 0) is 18.6 Å². The van der Waals surface area contributed by atoms with Crippen molar-refractivity contribution >= 4 is 0 Å². The zero-order valence-electron chi connectivity index (χ0n) is 8.22. The Morgan fingerprint density at radius 1 is 1.57 bits per heavy atom. The van der Waals surface area contributed by atoms with Crippen LogP contribution in [0.4, 0.5) is 0 Å². The fourth-order valence-electron chi connectivity index (χ4n) is 1.13. The quantitative estimate of drug-likeness (QED) is 0.624. The second-order valence-electron chi connectivity index (χ2n) is 3.25. The van der Waals surface area contributed by atoms with Crippen LogP contribution in [-0.2, 0) is 0 Å². The fourth-order valence-corrected chi connectivity index (χ4v) is 1.13. The smallest absolute Gasteiger partial charge is 0.0895 e. The summed E-state index contributed by atoms with van der Waals surface area (Å²) in [5, 5.41) is 20.8. The van der Waals surface area contributed by atoms with Crippen LogP contribution in [0, 0.1) is 0 Å². The van der Waals surface area contributed by atoms with Crippen LogP contribution < -0.4 is 5.32 Å². The summed E-state index contributed by atoms with van der Waals surface area (Å²) < 4.78 is 0. The van der Waals surface area contributed by atoms with Gasteiger partial charge in [0.2, 0.25) is 0 Å². The molecule has 0 spiro atoms. The van der Waals surface area contributed by atoms with Crippen LogP contribution in [0.25, 0.3) is 0 Å². The Kier molecular flexibility index (Phi) is 4.52. The van der Waals surface area contributed by atoms with Gasteiger partial charge in [0.1, 0.15) is 0 Å². The number of aliphatic hydroxyl groups excluding tert-OH is 2. The molecule has 1 unspecified atom stereocenters. The molecule has 3 N–H and O–H groups in total. The van der Waals surface area contributed by atoms with Crippen molar-refractivity contribution in [3.05, 3.63) is 30.1 Å². The van der Waals surface area contributed by atoms with Gasteiger partial charge in [0.15, 0.2) is 0 Å². The molecule has 0 aliphatic rings. The molecule has 1 rings (SSSR count). The van der Waals surface area contributed by atoms with Crippen molar-refractivity contribution < 1.29 is 10.2 Å². The fraction of sp³-hybridized carbons (Fsp3) is 0.500. The minimum absolute atomic E-state index is 0.130. The van der Waals surface area contributed by atoms with Crippen molar-refractivity contribution in [2.24, 2.45) is 0 Å². The minimum Gasteiger partial charge on any atom is -0.394 e. The van der Waals surface area contributed by atoms with Crippen molar-refractivity contribution in [2.75, 3.05) is 13.2 Å². The van der Waals surface area contributed by atoms with Crippen molar-refractivity contribution in [1.82, 2.24) is 10.3 Å². The zero-order chi connectivity index (χ0) is 10.4. The van der Waals surface area contributed by atoms with Gasteiger partial charge in [-0.3, -0.25) is 4.98 Å². The molecule has 14 heavy (non-hydrogen) atoms. The van der Waals surface area contributed by atoms with Crippen molar-refractivity contribution in [3.63, 3.8) is 0 Å². The molecular formula is C10H16N2O2. The lowest BCUT2D eigenvalue weighted by Crippen LogP contribution is -2.31. The number of nitrogens with zero attached hydrogens (tertiary/aromatic N) is 1. The number of aromatic nitrogens is 1. The van der Waals surface area contributed by atoms with E-state index in [-0.39, 0.29) is 12.6 Å². The highest BCUT2D eigenvalue weighted by molar-refractivity contribution is 5.12. The van der Waals surface area contributed by atoms with E-state index in [1.165, 1.54) is 0 Å². The van der Waals surface area contributed by atoms with Crippen LogP contribution in [0.2, 0.25) is 0 Å². The molecule has 1 aromatic heterocycles. The predicted octanol–water partition coefficient (Wildman–Crippen LogP) is 0.0854. The summed E-state index contributed by atoms with van der Waals surface area (Å²) in [6.45, 7) is 2.15. The Bertz CT molecular complexity index is 254. The number of hydrogen-bond donors (Lipinski definition) is 3. The molecular weight excluding hydrogens is 180 g/mol. The summed E-state index contributed by atoms with van der Waals surface area (Å²) in [5.74, 6) is 0. The second-order valence-corrected chi connectivity index (χ2v) is 3.25. The molecule has 0 radical (unpaired) electrons. The molecule has 0 saturated heterocycles. The molecule has 2 atom stereocenters. The first-order chi connectivity index (χ1) is 6.74. The molecule has 0 fully saturated rings. The third-order valence-corrected chi connectivity index (χ3v) is 2.05. The highest BCUT2D eigenvalue weighted by Crippen LogP contribution is 2.09. The minimum atomic E-state index is -0.700. The lowest BCUT2D eigenvalue weighted by atomic mass is 10.1. The summed E-state index contributed by atoms with van der Waals surface area (Å²) in [5.41, 5.74) is 1.07. The molecule has 0 amide bonds. The monoisotopic (exact) mass is 196 g/mol. The molecule has 0 bridgehead atoms. The van der Waals surface area contributed by atoms with Crippen LogP contribution in [0.15, 0.2) is 24.5 Å². The molecule has 0 aliphatic carbocycles. The van der Waals surface area contributed by atoms with Gasteiger partial charge in [0.05, 0.1) is 12.7 Å². The number of hydrogen-bond acceptors (Lipinski definition) is 4.